The quantitative estimate of drug-likeness (QED) is 0.921. The van der Waals surface area contributed by atoms with Gasteiger partial charge in [-0.15, -0.1) is 0 Å². The van der Waals surface area contributed by atoms with Gasteiger partial charge in [0.25, 0.3) is 0 Å². The Kier molecular flexibility index (Phi) is 4.65. The van der Waals surface area contributed by atoms with Gasteiger partial charge in [0.15, 0.2) is 0 Å². The van der Waals surface area contributed by atoms with E-state index in [9.17, 15) is 5.26 Å². The van der Waals surface area contributed by atoms with Gasteiger partial charge >= 0.3 is 0 Å². The topological polar surface area (TPSA) is 62.3 Å². The molecule has 1 fully saturated rings. The lowest BCUT2D eigenvalue weighted by Gasteiger charge is -2.40. The minimum Gasteiger partial charge on any atom is -0.381 e. The summed E-state index contributed by atoms with van der Waals surface area (Å²) in [6, 6.07) is 7.74. The van der Waals surface area contributed by atoms with Crippen molar-refractivity contribution in [3.8, 4) is 6.07 Å². The van der Waals surface area contributed by atoms with Crippen LogP contribution in [0.3, 0.4) is 0 Å². The van der Waals surface area contributed by atoms with Crippen LogP contribution in [0.4, 0.5) is 5.69 Å². The van der Waals surface area contributed by atoms with Gasteiger partial charge in [-0.25, -0.2) is 0 Å². The molecule has 2 rings (SSSR count). The first-order chi connectivity index (χ1) is 9.19. The number of halogens is 1. The second-order valence-electron chi connectivity index (χ2n) is 4.74. The van der Waals surface area contributed by atoms with Crippen molar-refractivity contribution in [1.82, 2.24) is 0 Å². The van der Waals surface area contributed by atoms with Crippen molar-refractivity contribution in [3.05, 3.63) is 28.8 Å². The van der Waals surface area contributed by atoms with Gasteiger partial charge in [0.05, 0.1) is 17.4 Å². The van der Waals surface area contributed by atoms with Crippen molar-refractivity contribution in [2.45, 2.75) is 25.0 Å². The summed E-state index contributed by atoms with van der Waals surface area (Å²) in [5, 5.41) is 9.86. The average Bonchev–Trinajstić information content (AvgIpc) is 2.46. The molecule has 2 N–H and O–H groups in total. The summed E-state index contributed by atoms with van der Waals surface area (Å²) in [6.07, 6.45) is 2.06. The lowest BCUT2D eigenvalue weighted by molar-refractivity contribution is 0.0709. The van der Waals surface area contributed by atoms with E-state index in [0.29, 0.717) is 17.1 Å². The zero-order valence-electron chi connectivity index (χ0n) is 11.0. The van der Waals surface area contributed by atoms with Crippen LogP contribution in [-0.4, -0.2) is 32.3 Å². The zero-order valence-corrected chi connectivity index (χ0v) is 11.7. The van der Waals surface area contributed by atoms with E-state index in [1.807, 2.05) is 6.07 Å². The summed E-state index contributed by atoms with van der Waals surface area (Å²) in [5.74, 6) is 0. The SMILES string of the molecule is COC1CCN(c2cc(Cl)ccc2C#N)C(CN)C1. The Morgan fingerprint density at radius 3 is 3.00 bits per heavy atom. The molecule has 1 aromatic carbocycles. The molecule has 0 aliphatic carbocycles. The molecule has 2 atom stereocenters. The van der Waals surface area contributed by atoms with Gasteiger partial charge < -0.3 is 15.4 Å². The molecule has 1 heterocycles. The molecule has 0 amide bonds. The molecule has 1 aliphatic rings. The number of rotatable bonds is 3. The molecule has 0 aromatic heterocycles. The first kappa shape index (κ1) is 14.1. The van der Waals surface area contributed by atoms with Gasteiger partial charge in [-0.05, 0) is 31.0 Å². The number of nitriles is 1. The van der Waals surface area contributed by atoms with E-state index in [1.54, 1.807) is 19.2 Å². The highest BCUT2D eigenvalue weighted by atomic mass is 35.5. The molecular weight excluding hydrogens is 262 g/mol. The van der Waals surface area contributed by atoms with E-state index in [1.165, 1.54) is 0 Å². The molecule has 0 spiro atoms. The highest BCUT2D eigenvalue weighted by molar-refractivity contribution is 6.30. The van der Waals surface area contributed by atoms with E-state index in [2.05, 4.69) is 11.0 Å². The fraction of sp³-hybridized carbons (Fsp3) is 0.500. The number of hydrogen-bond acceptors (Lipinski definition) is 4. The average molecular weight is 280 g/mol. The zero-order chi connectivity index (χ0) is 13.8. The van der Waals surface area contributed by atoms with Crippen LogP contribution in [0.15, 0.2) is 18.2 Å². The number of ether oxygens (including phenoxy) is 1. The maximum absolute atomic E-state index is 9.22. The van der Waals surface area contributed by atoms with Crippen molar-refractivity contribution >= 4 is 17.3 Å². The van der Waals surface area contributed by atoms with E-state index in [-0.39, 0.29) is 12.1 Å². The molecule has 0 bridgehead atoms. The minimum absolute atomic E-state index is 0.185. The third-order valence-corrected chi connectivity index (χ3v) is 3.90. The fourth-order valence-corrected chi connectivity index (χ4v) is 2.77. The number of anilines is 1. The van der Waals surface area contributed by atoms with Crippen LogP contribution in [0.25, 0.3) is 0 Å². The van der Waals surface area contributed by atoms with E-state index < -0.39 is 0 Å². The van der Waals surface area contributed by atoms with Gasteiger partial charge in [-0.3, -0.25) is 0 Å². The van der Waals surface area contributed by atoms with E-state index >= 15 is 0 Å². The summed E-state index contributed by atoms with van der Waals surface area (Å²) in [4.78, 5) is 2.18. The third-order valence-electron chi connectivity index (χ3n) is 3.66. The molecule has 2 unspecified atom stereocenters. The van der Waals surface area contributed by atoms with Gasteiger partial charge in [-0.1, -0.05) is 11.6 Å². The Morgan fingerprint density at radius 1 is 1.58 bits per heavy atom. The molecule has 1 saturated heterocycles. The maximum atomic E-state index is 9.22. The first-order valence-corrected chi connectivity index (χ1v) is 6.76. The van der Waals surface area contributed by atoms with E-state index in [4.69, 9.17) is 22.1 Å². The summed E-state index contributed by atoms with van der Waals surface area (Å²) in [5.41, 5.74) is 7.38. The standard InChI is InChI=1S/C14H18ClN3O/c1-19-13-4-5-18(12(7-13)9-17)14-6-11(15)3-2-10(14)8-16/h2-3,6,12-13H,4-5,7,9,17H2,1H3. The van der Waals surface area contributed by atoms with Gasteiger partial charge in [0, 0.05) is 31.3 Å². The van der Waals surface area contributed by atoms with Crippen LogP contribution in [0, 0.1) is 11.3 Å². The van der Waals surface area contributed by atoms with Crippen molar-refractivity contribution in [1.29, 1.82) is 5.26 Å². The summed E-state index contributed by atoms with van der Waals surface area (Å²) in [6.45, 7) is 1.37. The Morgan fingerprint density at radius 2 is 2.37 bits per heavy atom. The van der Waals surface area contributed by atoms with Crippen molar-refractivity contribution in [3.63, 3.8) is 0 Å². The predicted octanol–water partition coefficient (Wildman–Crippen LogP) is 2.15. The number of nitrogens with zero attached hydrogens (tertiary/aromatic N) is 2. The lowest BCUT2D eigenvalue weighted by atomic mass is 9.97. The smallest absolute Gasteiger partial charge is 0.101 e. The number of nitrogens with two attached hydrogens (primary N) is 1. The van der Waals surface area contributed by atoms with Crippen LogP contribution in [0.5, 0.6) is 0 Å². The van der Waals surface area contributed by atoms with Crippen molar-refractivity contribution in [2.24, 2.45) is 5.73 Å². The molecule has 19 heavy (non-hydrogen) atoms. The van der Waals surface area contributed by atoms with Crippen LogP contribution in [0.2, 0.25) is 5.02 Å². The minimum atomic E-state index is 0.185. The molecule has 102 valence electrons. The summed E-state index contributed by atoms with van der Waals surface area (Å²) >= 11 is 6.05. The third kappa shape index (κ3) is 3.01. The predicted molar refractivity (Wildman–Crippen MR) is 76.4 cm³/mol. The number of piperidine rings is 1. The maximum Gasteiger partial charge on any atom is 0.101 e. The van der Waals surface area contributed by atoms with Gasteiger partial charge in [0.2, 0.25) is 0 Å². The number of benzene rings is 1. The van der Waals surface area contributed by atoms with Gasteiger partial charge in [-0.2, -0.15) is 5.26 Å². The second-order valence-corrected chi connectivity index (χ2v) is 5.17. The molecule has 0 radical (unpaired) electrons. The van der Waals surface area contributed by atoms with Crippen molar-refractivity contribution in [2.75, 3.05) is 25.1 Å². The summed E-state index contributed by atoms with van der Waals surface area (Å²) < 4.78 is 5.41. The van der Waals surface area contributed by atoms with Crippen LogP contribution in [0.1, 0.15) is 18.4 Å². The molecule has 1 aromatic rings. The van der Waals surface area contributed by atoms with Crippen LogP contribution in [-0.2, 0) is 4.74 Å². The monoisotopic (exact) mass is 279 g/mol. The highest BCUT2D eigenvalue weighted by Gasteiger charge is 2.29. The number of methoxy groups -OCH3 is 1. The molecule has 0 saturated carbocycles. The second kappa shape index (κ2) is 6.25. The Labute approximate surface area is 118 Å². The molecule has 1 aliphatic heterocycles. The Hall–Kier alpha value is -1.28. The normalized spacial score (nSPS) is 23.2. The van der Waals surface area contributed by atoms with Crippen LogP contribution < -0.4 is 10.6 Å². The largest absolute Gasteiger partial charge is 0.381 e. The van der Waals surface area contributed by atoms with Crippen molar-refractivity contribution < 1.29 is 4.74 Å². The summed E-state index contributed by atoms with van der Waals surface area (Å²) in [7, 11) is 1.73. The highest BCUT2D eigenvalue weighted by Crippen LogP contribution is 2.30. The molecular formula is C14H18ClN3O. The van der Waals surface area contributed by atoms with E-state index in [0.717, 1.165) is 25.1 Å². The lowest BCUT2D eigenvalue weighted by Crippen LogP contribution is -2.49. The number of hydrogen-bond donors (Lipinski definition) is 1. The Balaban J connectivity index is 2.30. The van der Waals surface area contributed by atoms with Gasteiger partial charge in [0.1, 0.15) is 6.07 Å². The first-order valence-electron chi connectivity index (χ1n) is 6.38. The Bertz CT molecular complexity index is 486. The molecule has 5 heteroatoms. The fourth-order valence-electron chi connectivity index (χ4n) is 2.61. The molecule has 4 nitrogen and oxygen atoms in total. The van der Waals surface area contributed by atoms with Crippen LogP contribution >= 0.6 is 11.6 Å².